The van der Waals surface area contributed by atoms with E-state index in [9.17, 15) is 4.79 Å². The van der Waals surface area contributed by atoms with Crippen molar-refractivity contribution in [3.05, 3.63) is 60.1 Å². The first-order valence-corrected chi connectivity index (χ1v) is 8.59. The molecule has 4 rings (SSSR count). The number of fused-ring (bicyclic) bond motifs is 1. The number of rotatable bonds is 4. The zero-order chi connectivity index (χ0) is 19.0. The van der Waals surface area contributed by atoms with E-state index in [0.717, 1.165) is 11.1 Å². The topological polar surface area (TPSA) is 91.5 Å². The van der Waals surface area contributed by atoms with Crippen LogP contribution in [0.25, 0.3) is 33.7 Å². The Labute approximate surface area is 155 Å². The van der Waals surface area contributed by atoms with Gasteiger partial charge in [-0.1, -0.05) is 29.8 Å². The van der Waals surface area contributed by atoms with Crippen LogP contribution in [0.1, 0.15) is 23.0 Å². The number of ether oxygens (including phenoxy) is 1. The second-order valence-electron chi connectivity index (χ2n) is 6.14. The number of benzene rings is 1. The average Bonchev–Trinajstić information content (AvgIpc) is 3.30. The lowest BCUT2D eigenvalue weighted by molar-refractivity contribution is 0.0494. The number of hydrogen-bond donors (Lipinski definition) is 1. The summed E-state index contributed by atoms with van der Waals surface area (Å²) in [6.07, 6.45) is 1.58. The summed E-state index contributed by atoms with van der Waals surface area (Å²) in [4.78, 5) is 16.8. The summed E-state index contributed by atoms with van der Waals surface area (Å²) in [5.74, 6) is -0.0536. The fourth-order valence-corrected chi connectivity index (χ4v) is 2.97. The summed E-state index contributed by atoms with van der Waals surface area (Å²) in [5.41, 5.74) is 10.1. The van der Waals surface area contributed by atoms with Crippen LogP contribution in [-0.4, -0.2) is 17.6 Å². The highest BCUT2D eigenvalue weighted by atomic mass is 16.5. The lowest BCUT2D eigenvalue weighted by atomic mass is 10.0. The fourth-order valence-electron chi connectivity index (χ4n) is 2.97. The van der Waals surface area contributed by atoms with Gasteiger partial charge in [-0.2, -0.15) is 0 Å². The number of aromatic nitrogens is 1. The molecule has 0 aliphatic carbocycles. The van der Waals surface area contributed by atoms with Gasteiger partial charge in [-0.15, -0.1) is 0 Å². The van der Waals surface area contributed by atoms with Crippen LogP contribution < -0.4 is 5.73 Å². The third-order valence-electron chi connectivity index (χ3n) is 4.29. The van der Waals surface area contributed by atoms with E-state index in [-0.39, 0.29) is 23.8 Å². The molecule has 0 aliphatic heterocycles. The Bertz CT molecular complexity index is 1110. The minimum atomic E-state index is -0.615. The lowest BCUT2D eigenvalue weighted by Gasteiger charge is -2.06. The van der Waals surface area contributed by atoms with Crippen molar-refractivity contribution in [2.45, 2.75) is 13.8 Å². The van der Waals surface area contributed by atoms with Crippen LogP contribution in [0.3, 0.4) is 0 Å². The molecule has 3 heterocycles. The van der Waals surface area contributed by atoms with Crippen LogP contribution in [0.15, 0.2) is 57.6 Å². The van der Waals surface area contributed by atoms with Gasteiger partial charge in [0, 0.05) is 11.1 Å². The van der Waals surface area contributed by atoms with Gasteiger partial charge in [0.1, 0.15) is 5.76 Å². The SMILES string of the molecule is CCOC(=O)c1oc2nc(-c3ccc(C)cc3)cc(-c3ccco3)c2c1N. The van der Waals surface area contributed by atoms with Crippen molar-refractivity contribution in [3.63, 3.8) is 0 Å². The highest BCUT2D eigenvalue weighted by molar-refractivity contribution is 6.08. The first kappa shape index (κ1) is 16.9. The molecule has 6 heteroatoms. The smallest absolute Gasteiger partial charge is 0.376 e. The van der Waals surface area contributed by atoms with E-state index in [0.29, 0.717) is 22.4 Å². The number of anilines is 1. The molecule has 0 unspecified atom stereocenters. The molecule has 2 N–H and O–H groups in total. The molecule has 0 bridgehead atoms. The molecule has 0 fully saturated rings. The zero-order valence-corrected chi connectivity index (χ0v) is 15.0. The number of carbonyl (C=O) groups excluding carboxylic acids is 1. The normalized spacial score (nSPS) is 11.0. The molecule has 0 spiro atoms. The van der Waals surface area contributed by atoms with E-state index in [4.69, 9.17) is 19.3 Å². The quantitative estimate of drug-likeness (QED) is 0.523. The van der Waals surface area contributed by atoms with Gasteiger partial charge in [-0.3, -0.25) is 0 Å². The molecule has 4 aromatic rings. The van der Waals surface area contributed by atoms with Gasteiger partial charge < -0.3 is 19.3 Å². The fraction of sp³-hybridized carbons (Fsp3) is 0.143. The molecule has 27 heavy (non-hydrogen) atoms. The monoisotopic (exact) mass is 362 g/mol. The minimum Gasteiger partial charge on any atom is -0.464 e. The molecule has 6 nitrogen and oxygen atoms in total. The van der Waals surface area contributed by atoms with Crippen molar-refractivity contribution in [2.75, 3.05) is 12.3 Å². The summed E-state index contributed by atoms with van der Waals surface area (Å²) in [7, 11) is 0. The number of esters is 1. The van der Waals surface area contributed by atoms with Gasteiger partial charge >= 0.3 is 5.97 Å². The largest absolute Gasteiger partial charge is 0.464 e. The molecule has 1 aromatic carbocycles. The summed E-state index contributed by atoms with van der Waals surface area (Å²) < 4.78 is 16.3. The van der Waals surface area contributed by atoms with Gasteiger partial charge in [0.15, 0.2) is 0 Å². The second-order valence-corrected chi connectivity index (χ2v) is 6.14. The van der Waals surface area contributed by atoms with Crippen LogP contribution in [0.4, 0.5) is 5.69 Å². The summed E-state index contributed by atoms with van der Waals surface area (Å²) >= 11 is 0. The van der Waals surface area contributed by atoms with Gasteiger partial charge in [0.25, 0.3) is 0 Å². The van der Waals surface area contributed by atoms with Crippen molar-refractivity contribution in [2.24, 2.45) is 0 Å². The Morgan fingerprint density at radius 3 is 2.67 bits per heavy atom. The molecule has 136 valence electrons. The number of aryl methyl sites for hydroxylation is 1. The number of hydrogen-bond acceptors (Lipinski definition) is 6. The molecule has 0 atom stereocenters. The number of nitrogens with two attached hydrogens (primary N) is 1. The second kappa shape index (κ2) is 6.64. The van der Waals surface area contributed by atoms with E-state index in [1.165, 1.54) is 0 Å². The Morgan fingerprint density at radius 2 is 2.00 bits per heavy atom. The van der Waals surface area contributed by atoms with Crippen molar-refractivity contribution in [1.29, 1.82) is 0 Å². The Morgan fingerprint density at radius 1 is 1.22 bits per heavy atom. The minimum absolute atomic E-state index is 0.0480. The maximum absolute atomic E-state index is 12.2. The molecule has 3 aromatic heterocycles. The van der Waals surface area contributed by atoms with Crippen molar-refractivity contribution in [1.82, 2.24) is 4.98 Å². The van der Waals surface area contributed by atoms with Crippen molar-refractivity contribution >= 4 is 22.8 Å². The van der Waals surface area contributed by atoms with Crippen LogP contribution in [0.5, 0.6) is 0 Å². The third kappa shape index (κ3) is 2.95. The molecule has 0 amide bonds. The summed E-state index contributed by atoms with van der Waals surface area (Å²) in [5, 5.41) is 0.531. The highest BCUT2D eigenvalue weighted by Gasteiger charge is 2.25. The molecule has 0 aliphatic rings. The van der Waals surface area contributed by atoms with Gasteiger partial charge in [-0.25, -0.2) is 9.78 Å². The number of carbonyl (C=O) groups is 1. The van der Waals surface area contributed by atoms with Crippen LogP contribution in [0, 0.1) is 6.92 Å². The standard InChI is InChI=1S/C21H18N2O4/c1-3-25-21(24)19-18(22)17-14(16-5-4-10-26-16)11-15(23-20(17)27-19)13-8-6-12(2)7-9-13/h4-11H,3,22H2,1-2H3. The molecular formula is C21H18N2O4. The number of nitrogen functional groups attached to an aromatic ring is 1. The maximum atomic E-state index is 12.2. The first-order valence-electron chi connectivity index (χ1n) is 8.59. The van der Waals surface area contributed by atoms with E-state index < -0.39 is 5.97 Å². The average molecular weight is 362 g/mol. The van der Waals surface area contributed by atoms with Crippen molar-refractivity contribution < 1.29 is 18.4 Å². The number of furan rings is 2. The van der Waals surface area contributed by atoms with E-state index in [2.05, 4.69) is 4.98 Å². The Balaban J connectivity index is 1.98. The number of pyridine rings is 1. The van der Waals surface area contributed by atoms with Crippen molar-refractivity contribution in [3.8, 4) is 22.6 Å². The molecule has 0 radical (unpaired) electrons. The van der Waals surface area contributed by atoms with Gasteiger partial charge in [-0.05, 0) is 32.0 Å². The summed E-state index contributed by atoms with van der Waals surface area (Å²) in [6, 6.07) is 13.5. The van der Waals surface area contributed by atoms with Crippen LogP contribution in [0.2, 0.25) is 0 Å². The summed E-state index contributed by atoms with van der Waals surface area (Å²) in [6.45, 7) is 3.97. The van der Waals surface area contributed by atoms with Gasteiger partial charge in [0.2, 0.25) is 11.5 Å². The third-order valence-corrected chi connectivity index (χ3v) is 4.29. The lowest BCUT2D eigenvalue weighted by Crippen LogP contribution is -2.05. The van der Waals surface area contributed by atoms with E-state index >= 15 is 0 Å². The van der Waals surface area contributed by atoms with E-state index in [1.807, 2.05) is 43.3 Å². The zero-order valence-electron chi connectivity index (χ0n) is 15.0. The number of nitrogens with zero attached hydrogens (tertiary/aromatic N) is 1. The predicted molar refractivity (Wildman–Crippen MR) is 102 cm³/mol. The molecule has 0 saturated heterocycles. The maximum Gasteiger partial charge on any atom is 0.376 e. The highest BCUT2D eigenvalue weighted by Crippen LogP contribution is 2.38. The van der Waals surface area contributed by atoms with E-state index in [1.54, 1.807) is 19.3 Å². The Hall–Kier alpha value is -3.54. The molecular weight excluding hydrogens is 344 g/mol. The van der Waals surface area contributed by atoms with Crippen LogP contribution >= 0.6 is 0 Å². The van der Waals surface area contributed by atoms with Gasteiger partial charge in [0.05, 0.1) is 29.6 Å². The first-order chi connectivity index (χ1) is 13.1. The Kier molecular flexibility index (Phi) is 4.16. The predicted octanol–water partition coefficient (Wildman–Crippen LogP) is 4.82. The molecule has 0 saturated carbocycles. The van der Waals surface area contributed by atoms with Crippen LogP contribution in [-0.2, 0) is 4.74 Å².